The molecule has 0 fully saturated rings. The molecule has 2 heterocycles. The topological polar surface area (TPSA) is 22.2 Å². The summed E-state index contributed by atoms with van der Waals surface area (Å²) in [5.74, 6) is 0.684. The predicted molar refractivity (Wildman–Crippen MR) is 81.8 cm³/mol. The van der Waals surface area contributed by atoms with Crippen LogP contribution in [0.4, 0.5) is 4.39 Å². The summed E-state index contributed by atoms with van der Waals surface area (Å²) in [4.78, 5) is 4.72. The van der Waals surface area contributed by atoms with Gasteiger partial charge in [-0.25, -0.2) is 9.37 Å². The zero-order valence-corrected chi connectivity index (χ0v) is 11.6. The molecule has 104 valence electrons. The first-order valence-corrected chi connectivity index (χ1v) is 7.00. The van der Waals surface area contributed by atoms with Crippen LogP contribution in [0.2, 0.25) is 0 Å². The summed E-state index contributed by atoms with van der Waals surface area (Å²) in [5, 5.41) is 0. The van der Waals surface area contributed by atoms with Crippen molar-refractivity contribution in [1.29, 1.82) is 0 Å². The molecule has 0 amide bonds. The molecule has 0 N–H and O–H groups in total. The minimum absolute atomic E-state index is 0.231. The maximum absolute atomic E-state index is 13.0. The number of benzene rings is 2. The van der Waals surface area contributed by atoms with Gasteiger partial charge in [0.25, 0.3) is 0 Å². The Morgan fingerprint density at radius 1 is 1.00 bits per heavy atom. The van der Waals surface area contributed by atoms with Gasteiger partial charge in [0.15, 0.2) is 0 Å². The van der Waals surface area contributed by atoms with E-state index in [1.807, 2.05) is 18.3 Å². The number of hydrogen-bond donors (Lipinski definition) is 0. The maximum atomic E-state index is 13.0. The normalized spacial score (nSPS) is 11.5. The van der Waals surface area contributed by atoms with Crippen LogP contribution in [0.25, 0.3) is 28.1 Å². The number of rotatable bonds is 2. The van der Waals surface area contributed by atoms with Gasteiger partial charge in [-0.05, 0) is 43.3 Å². The molecule has 0 atom stereocenters. The molecule has 2 aromatic heterocycles. The standard InChI is InChI=1S/C17H14FN3/c1-2-20-15-5-3-4-6-16(15)21-11-14(19-17(20)21)12-7-9-13(18)10-8-12/h3-11H,2H2,1H3. The summed E-state index contributed by atoms with van der Waals surface area (Å²) in [5.41, 5.74) is 4.09. The zero-order chi connectivity index (χ0) is 14.4. The van der Waals surface area contributed by atoms with Crippen molar-refractivity contribution in [3.05, 3.63) is 60.5 Å². The van der Waals surface area contributed by atoms with E-state index < -0.39 is 0 Å². The van der Waals surface area contributed by atoms with Crippen LogP contribution in [0.3, 0.4) is 0 Å². The molecule has 0 radical (unpaired) electrons. The Bertz CT molecular complexity index is 932. The summed E-state index contributed by atoms with van der Waals surface area (Å²) >= 11 is 0. The fourth-order valence-corrected chi connectivity index (χ4v) is 2.81. The first-order chi connectivity index (χ1) is 10.3. The fourth-order valence-electron chi connectivity index (χ4n) is 2.81. The summed E-state index contributed by atoms with van der Waals surface area (Å²) in [6.07, 6.45) is 2.01. The van der Waals surface area contributed by atoms with Gasteiger partial charge in [0.05, 0.1) is 16.7 Å². The summed E-state index contributed by atoms with van der Waals surface area (Å²) in [6.45, 7) is 2.97. The van der Waals surface area contributed by atoms with E-state index in [1.165, 1.54) is 17.6 Å². The van der Waals surface area contributed by atoms with Crippen LogP contribution < -0.4 is 0 Å². The Labute approximate surface area is 121 Å². The molecule has 4 aromatic rings. The Balaban J connectivity index is 2.00. The van der Waals surface area contributed by atoms with Gasteiger partial charge in [0.1, 0.15) is 5.82 Å². The predicted octanol–water partition coefficient (Wildman–Crippen LogP) is 4.12. The quantitative estimate of drug-likeness (QED) is 0.541. The van der Waals surface area contributed by atoms with Crippen molar-refractivity contribution in [1.82, 2.24) is 14.0 Å². The van der Waals surface area contributed by atoms with Gasteiger partial charge in [-0.1, -0.05) is 12.1 Å². The highest BCUT2D eigenvalue weighted by Gasteiger charge is 2.13. The number of hydrogen-bond acceptors (Lipinski definition) is 1. The van der Waals surface area contributed by atoms with Crippen LogP contribution in [-0.4, -0.2) is 14.0 Å². The summed E-state index contributed by atoms with van der Waals surface area (Å²) in [7, 11) is 0. The highest BCUT2D eigenvalue weighted by Crippen LogP contribution is 2.25. The van der Waals surface area contributed by atoms with E-state index in [9.17, 15) is 4.39 Å². The second kappa shape index (κ2) is 4.45. The first kappa shape index (κ1) is 12.1. The number of fused-ring (bicyclic) bond motifs is 3. The van der Waals surface area contributed by atoms with E-state index >= 15 is 0 Å². The number of halogens is 1. The van der Waals surface area contributed by atoms with E-state index in [2.05, 4.69) is 28.0 Å². The molecule has 4 heteroatoms. The molecule has 21 heavy (non-hydrogen) atoms. The molecule has 0 aliphatic heterocycles. The minimum atomic E-state index is -0.231. The molecule has 0 aliphatic rings. The molecule has 0 saturated heterocycles. The highest BCUT2D eigenvalue weighted by atomic mass is 19.1. The van der Waals surface area contributed by atoms with Crippen LogP contribution >= 0.6 is 0 Å². The van der Waals surface area contributed by atoms with Crippen molar-refractivity contribution in [2.75, 3.05) is 0 Å². The van der Waals surface area contributed by atoms with E-state index in [1.54, 1.807) is 12.1 Å². The number of aryl methyl sites for hydroxylation is 1. The Hall–Kier alpha value is -2.62. The van der Waals surface area contributed by atoms with E-state index in [0.717, 1.165) is 29.1 Å². The molecule has 0 bridgehead atoms. The third-order valence-corrected chi connectivity index (χ3v) is 3.82. The number of aromatic nitrogens is 3. The molecule has 2 aromatic carbocycles. The maximum Gasteiger partial charge on any atom is 0.215 e. The lowest BCUT2D eigenvalue weighted by atomic mass is 10.2. The van der Waals surface area contributed by atoms with Crippen LogP contribution in [-0.2, 0) is 6.54 Å². The van der Waals surface area contributed by atoms with Gasteiger partial charge in [-0.2, -0.15) is 0 Å². The van der Waals surface area contributed by atoms with Crippen molar-refractivity contribution in [2.24, 2.45) is 0 Å². The highest BCUT2D eigenvalue weighted by molar-refractivity contribution is 5.82. The third-order valence-electron chi connectivity index (χ3n) is 3.82. The van der Waals surface area contributed by atoms with Crippen molar-refractivity contribution in [2.45, 2.75) is 13.5 Å². The van der Waals surface area contributed by atoms with Crippen LogP contribution in [0.1, 0.15) is 6.92 Å². The second-order valence-corrected chi connectivity index (χ2v) is 5.04. The van der Waals surface area contributed by atoms with E-state index in [-0.39, 0.29) is 5.82 Å². The largest absolute Gasteiger partial charge is 0.310 e. The van der Waals surface area contributed by atoms with Crippen LogP contribution in [0.15, 0.2) is 54.7 Å². The van der Waals surface area contributed by atoms with Gasteiger partial charge in [0.2, 0.25) is 5.78 Å². The molecule has 4 rings (SSSR count). The lowest BCUT2D eigenvalue weighted by Crippen LogP contribution is -1.94. The summed E-state index contributed by atoms with van der Waals surface area (Å²) in [6, 6.07) is 14.7. The van der Waals surface area contributed by atoms with Crippen molar-refractivity contribution < 1.29 is 4.39 Å². The molecule has 0 spiro atoms. The third kappa shape index (κ3) is 1.76. The zero-order valence-electron chi connectivity index (χ0n) is 11.6. The number of para-hydroxylation sites is 2. The lowest BCUT2D eigenvalue weighted by molar-refractivity contribution is 0.628. The molecule has 0 aliphatic carbocycles. The Morgan fingerprint density at radius 2 is 1.71 bits per heavy atom. The molecular weight excluding hydrogens is 265 g/mol. The van der Waals surface area contributed by atoms with Crippen LogP contribution in [0.5, 0.6) is 0 Å². The van der Waals surface area contributed by atoms with Gasteiger partial charge in [-0.15, -0.1) is 0 Å². The molecule has 0 unspecified atom stereocenters. The average molecular weight is 279 g/mol. The first-order valence-electron chi connectivity index (χ1n) is 7.00. The van der Waals surface area contributed by atoms with Gasteiger partial charge < -0.3 is 4.57 Å². The summed E-state index contributed by atoms with van der Waals surface area (Å²) < 4.78 is 17.3. The van der Waals surface area contributed by atoms with Gasteiger partial charge >= 0.3 is 0 Å². The number of nitrogens with zero attached hydrogens (tertiary/aromatic N) is 3. The lowest BCUT2D eigenvalue weighted by Gasteiger charge is -2.00. The van der Waals surface area contributed by atoms with E-state index in [4.69, 9.17) is 4.98 Å². The average Bonchev–Trinajstić information content (AvgIpc) is 3.05. The van der Waals surface area contributed by atoms with Gasteiger partial charge in [0, 0.05) is 18.3 Å². The van der Waals surface area contributed by atoms with Crippen LogP contribution in [0, 0.1) is 5.82 Å². The molecule has 3 nitrogen and oxygen atoms in total. The second-order valence-electron chi connectivity index (χ2n) is 5.04. The molecule has 0 saturated carbocycles. The van der Waals surface area contributed by atoms with E-state index in [0.29, 0.717) is 0 Å². The van der Waals surface area contributed by atoms with Crippen molar-refractivity contribution in [3.63, 3.8) is 0 Å². The van der Waals surface area contributed by atoms with Crippen molar-refractivity contribution >= 4 is 16.8 Å². The smallest absolute Gasteiger partial charge is 0.215 e. The minimum Gasteiger partial charge on any atom is -0.310 e. The monoisotopic (exact) mass is 279 g/mol. The Kier molecular flexibility index (Phi) is 2.57. The SMILES string of the molecule is CCn1c2ccccc2n2cc(-c3ccc(F)cc3)nc12. The van der Waals surface area contributed by atoms with Crippen molar-refractivity contribution in [3.8, 4) is 11.3 Å². The number of imidazole rings is 2. The van der Waals surface area contributed by atoms with Gasteiger partial charge in [-0.3, -0.25) is 4.40 Å². The Morgan fingerprint density at radius 3 is 2.43 bits per heavy atom. The molecular formula is C17H14FN3. The fraction of sp³-hybridized carbons (Fsp3) is 0.118.